The lowest BCUT2D eigenvalue weighted by atomic mass is 10.2. The third-order valence-electron chi connectivity index (χ3n) is 2.22. The Balaban J connectivity index is 2.53. The molecule has 0 aliphatic rings. The zero-order chi connectivity index (χ0) is 13.3. The van der Waals surface area contributed by atoms with Crippen LogP contribution in [0.2, 0.25) is 0 Å². The third kappa shape index (κ3) is 2.17. The molecule has 0 spiro atoms. The number of aromatic nitrogens is 4. The maximum Gasteiger partial charge on any atom is 0.339 e. The van der Waals surface area contributed by atoms with Gasteiger partial charge in [-0.3, -0.25) is 4.68 Å². The molecular weight excluding hydrogens is 246 g/mol. The van der Waals surface area contributed by atoms with E-state index >= 15 is 0 Å². The van der Waals surface area contributed by atoms with Crippen LogP contribution in [-0.4, -0.2) is 30.8 Å². The van der Waals surface area contributed by atoms with E-state index < -0.39 is 23.7 Å². The van der Waals surface area contributed by atoms with Gasteiger partial charge in [0, 0.05) is 19.4 Å². The standard InChI is InChI=1S/C10H8F2N4O2/c1-16-4-5(2-14-16)9-13-3-6(10(17)18)7(15-9)8(11)12/h2-4,8H,1H3,(H,17,18). The molecule has 2 aromatic heterocycles. The summed E-state index contributed by atoms with van der Waals surface area (Å²) in [6.45, 7) is 0. The molecule has 0 saturated heterocycles. The molecule has 0 aliphatic heterocycles. The van der Waals surface area contributed by atoms with Gasteiger partial charge in [0.25, 0.3) is 6.43 Å². The lowest BCUT2D eigenvalue weighted by molar-refractivity contribution is 0.0681. The minimum absolute atomic E-state index is 0.0170. The molecule has 8 heteroatoms. The van der Waals surface area contributed by atoms with Crippen molar-refractivity contribution in [1.82, 2.24) is 19.7 Å². The lowest BCUT2D eigenvalue weighted by Crippen LogP contribution is -2.07. The molecule has 2 rings (SSSR count). The van der Waals surface area contributed by atoms with Gasteiger partial charge in [0.15, 0.2) is 5.82 Å². The summed E-state index contributed by atoms with van der Waals surface area (Å²) < 4.78 is 26.9. The Morgan fingerprint density at radius 1 is 1.44 bits per heavy atom. The molecule has 0 radical (unpaired) electrons. The van der Waals surface area contributed by atoms with Crippen LogP contribution in [0.4, 0.5) is 8.78 Å². The third-order valence-corrected chi connectivity index (χ3v) is 2.22. The van der Waals surface area contributed by atoms with Gasteiger partial charge >= 0.3 is 5.97 Å². The van der Waals surface area contributed by atoms with Gasteiger partial charge in [-0.15, -0.1) is 0 Å². The van der Waals surface area contributed by atoms with E-state index in [1.807, 2.05) is 0 Å². The van der Waals surface area contributed by atoms with E-state index in [2.05, 4.69) is 15.1 Å². The van der Waals surface area contributed by atoms with E-state index in [1.54, 1.807) is 13.2 Å². The molecule has 0 aliphatic carbocycles. The van der Waals surface area contributed by atoms with Crippen LogP contribution in [0.1, 0.15) is 22.5 Å². The van der Waals surface area contributed by atoms with Crippen LogP contribution >= 0.6 is 0 Å². The predicted molar refractivity (Wildman–Crippen MR) is 56.2 cm³/mol. The van der Waals surface area contributed by atoms with Crippen LogP contribution in [-0.2, 0) is 7.05 Å². The molecule has 0 amide bonds. The summed E-state index contributed by atoms with van der Waals surface area (Å²) >= 11 is 0. The van der Waals surface area contributed by atoms with Gasteiger partial charge in [-0.1, -0.05) is 0 Å². The molecule has 0 bridgehead atoms. The Hall–Kier alpha value is -2.38. The quantitative estimate of drug-likeness (QED) is 0.897. The number of hydrogen-bond acceptors (Lipinski definition) is 4. The molecule has 1 N–H and O–H groups in total. The van der Waals surface area contributed by atoms with Crippen molar-refractivity contribution in [2.45, 2.75) is 6.43 Å². The van der Waals surface area contributed by atoms with Crippen molar-refractivity contribution in [2.24, 2.45) is 7.05 Å². The normalized spacial score (nSPS) is 10.9. The Labute approximate surface area is 99.9 Å². The fourth-order valence-electron chi connectivity index (χ4n) is 1.40. The first-order chi connectivity index (χ1) is 8.49. The summed E-state index contributed by atoms with van der Waals surface area (Å²) in [7, 11) is 1.66. The number of halogens is 2. The Morgan fingerprint density at radius 3 is 2.67 bits per heavy atom. The zero-order valence-corrected chi connectivity index (χ0v) is 9.21. The molecule has 6 nitrogen and oxygen atoms in total. The van der Waals surface area contributed by atoms with E-state index in [0.717, 1.165) is 6.20 Å². The first kappa shape index (κ1) is 12.1. The van der Waals surface area contributed by atoms with E-state index in [4.69, 9.17) is 5.11 Å². The van der Waals surface area contributed by atoms with Crippen molar-refractivity contribution >= 4 is 5.97 Å². The fourth-order valence-corrected chi connectivity index (χ4v) is 1.40. The van der Waals surface area contributed by atoms with Crippen LogP contribution in [0, 0.1) is 0 Å². The molecule has 18 heavy (non-hydrogen) atoms. The second kappa shape index (κ2) is 4.47. The summed E-state index contributed by atoms with van der Waals surface area (Å²) in [5, 5.41) is 12.6. The Kier molecular flexibility index (Phi) is 3.00. The number of nitrogens with zero attached hydrogens (tertiary/aromatic N) is 4. The van der Waals surface area contributed by atoms with E-state index in [-0.39, 0.29) is 5.82 Å². The van der Waals surface area contributed by atoms with E-state index in [0.29, 0.717) is 5.56 Å². The van der Waals surface area contributed by atoms with Crippen molar-refractivity contribution in [3.63, 3.8) is 0 Å². The van der Waals surface area contributed by atoms with E-state index in [1.165, 1.54) is 10.9 Å². The van der Waals surface area contributed by atoms with Gasteiger partial charge in [0.2, 0.25) is 0 Å². The SMILES string of the molecule is Cn1cc(-c2ncc(C(=O)O)c(C(F)F)n2)cn1. The van der Waals surface area contributed by atoms with Gasteiger partial charge in [-0.25, -0.2) is 23.5 Å². The summed E-state index contributed by atoms with van der Waals surface area (Å²) in [4.78, 5) is 18.1. The number of carbonyl (C=O) groups is 1. The molecule has 0 atom stereocenters. The van der Waals surface area contributed by atoms with Gasteiger partial charge in [-0.05, 0) is 0 Å². The van der Waals surface area contributed by atoms with Gasteiger partial charge in [-0.2, -0.15) is 5.10 Å². The summed E-state index contributed by atoms with van der Waals surface area (Å²) in [6, 6.07) is 0. The van der Waals surface area contributed by atoms with Crippen molar-refractivity contribution in [2.75, 3.05) is 0 Å². The minimum Gasteiger partial charge on any atom is -0.478 e. The number of alkyl halides is 2. The van der Waals surface area contributed by atoms with E-state index in [9.17, 15) is 13.6 Å². The smallest absolute Gasteiger partial charge is 0.339 e. The molecule has 2 aromatic rings. The molecule has 94 valence electrons. The summed E-state index contributed by atoms with van der Waals surface area (Å²) in [5.41, 5.74) is -0.953. The highest BCUT2D eigenvalue weighted by Gasteiger charge is 2.21. The molecule has 0 fully saturated rings. The zero-order valence-electron chi connectivity index (χ0n) is 9.21. The van der Waals surface area contributed by atoms with Crippen LogP contribution in [0.25, 0.3) is 11.4 Å². The van der Waals surface area contributed by atoms with Crippen molar-refractivity contribution in [3.8, 4) is 11.4 Å². The highest BCUT2D eigenvalue weighted by Crippen LogP contribution is 2.23. The van der Waals surface area contributed by atoms with Crippen molar-refractivity contribution in [1.29, 1.82) is 0 Å². The van der Waals surface area contributed by atoms with Gasteiger partial charge in [0.1, 0.15) is 11.3 Å². The summed E-state index contributed by atoms with van der Waals surface area (Å²) in [6.07, 6.45) is 0.851. The first-order valence-electron chi connectivity index (χ1n) is 4.86. The predicted octanol–water partition coefficient (Wildman–Crippen LogP) is 1.51. The van der Waals surface area contributed by atoms with Crippen molar-refractivity contribution < 1.29 is 18.7 Å². The molecule has 2 heterocycles. The second-order valence-corrected chi connectivity index (χ2v) is 3.50. The highest BCUT2D eigenvalue weighted by molar-refractivity contribution is 5.88. The minimum atomic E-state index is -2.98. The number of hydrogen-bond donors (Lipinski definition) is 1. The Morgan fingerprint density at radius 2 is 2.17 bits per heavy atom. The number of aryl methyl sites for hydroxylation is 1. The number of carboxylic acids is 1. The second-order valence-electron chi connectivity index (χ2n) is 3.50. The van der Waals surface area contributed by atoms with Crippen LogP contribution in [0.15, 0.2) is 18.6 Å². The average Bonchev–Trinajstić information content (AvgIpc) is 2.75. The molecule has 0 saturated carbocycles. The first-order valence-corrected chi connectivity index (χ1v) is 4.86. The van der Waals surface area contributed by atoms with Crippen LogP contribution in [0.3, 0.4) is 0 Å². The fraction of sp³-hybridized carbons (Fsp3) is 0.200. The van der Waals surface area contributed by atoms with Gasteiger partial charge in [0.05, 0.1) is 11.8 Å². The number of aromatic carboxylic acids is 1. The van der Waals surface area contributed by atoms with Crippen molar-refractivity contribution in [3.05, 3.63) is 29.8 Å². The van der Waals surface area contributed by atoms with Crippen LogP contribution in [0.5, 0.6) is 0 Å². The number of rotatable bonds is 3. The largest absolute Gasteiger partial charge is 0.478 e. The number of carboxylic acid groups (broad SMARTS) is 1. The maximum atomic E-state index is 12.7. The molecular formula is C10H8F2N4O2. The molecule has 0 aromatic carbocycles. The maximum absolute atomic E-state index is 12.7. The average molecular weight is 254 g/mol. The van der Waals surface area contributed by atoms with Crippen LogP contribution < -0.4 is 0 Å². The Bertz CT molecular complexity index is 597. The van der Waals surface area contributed by atoms with Gasteiger partial charge < -0.3 is 5.11 Å². The summed E-state index contributed by atoms with van der Waals surface area (Å²) in [5.74, 6) is -1.47. The molecule has 0 unspecified atom stereocenters. The topological polar surface area (TPSA) is 80.9 Å². The monoisotopic (exact) mass is 254 g/mol. The lowest BCUT2D eigenvalue weighted by Gasteiger charge is -2.05. The highest BCUT2D eigenvalue weighted by atomic mass is 19.3.